The van der Waals surface area contributed by atoms with Gasteiger partial charge in [-0.25, -0.2) is 14.8 Å². The van der Waals surface area contributed by atoms with E-state index in [0.29, 0.717) is 32.8 Å². The molecule has 2 amide bonds. The van der Waals surface area contributed by atoms with Crippen LogP contribution in [0.15, 0.2) is 65.4 Å². The molecule has 1 aliphatic heterocycles. The Morgan fingerprint density at radius 3 is 2.65 bits per heavy atom. The Morgan fingerprint density at radius 2 is 1.91 bits per heavy atom. The first-order valence-electron chi connectivity index (χ1n) is 11.5. The molecule has 0 aliphatic carbocycles. The van der Waals surface area contributed by atoms with Crippen LogP contribution in [0, 0.1) is 0 Å². The average molecular weight is 461 g/mol. The van der Waals surface area contributed by atoms with Gasteiger partial charge in [-0.15, -0.1) is 0 Å². The number of hydrogen-bond donors (Lipinski definition) is 1. The Bertz CT molecular complexity index is 1230. The summed E-state index contributed by atoms with van der Waals surface area (Å²) < 4.78 is 13.0. The standard InChI is InChI=1S/C25H28N6O3/c1-2-33-20-9-7-19(8-10-20)31-23(28-22-6-3-11-26-24(22)31)18-29-12-14-30(15-13-29)25(32)27-17-21-5-4-16-34-21/h3-11,16H,2,12-15,17-18H2,1H3,(H,27,32). The van der Waals surface area contributed by atoms with E-state index in [2.05, 4.69) is 19.8 Å². The smallest absolute Gasteiger partial charge is 0.317 e. The molecule has 0 radical (unpaired) electrons. The first kappa shape index (κ1) is 22.0. The second-order valence-corrected chi connectivity index (χ2v) is 8.14. The van der Waals surface area contributed by atoms with Crippen molar-refractivity contribution in [3.63, 3.8) is 0 Å². The lowest BCUT2D eigenvalue weighted by atomic mass is 10.3. The van der Waals surface area contributed by atoms with Crippen LogP contribution >= 0.6 is 0 Å². The minimum absolute atomic E-state index is 0.0677. The van der Waals surface area contributed by atoms with E-state index < -0.39 is 0 Å². The van der Waals surface area contributed by atoms with Crippen molar-refractivity contribution in [1.82, 2.24) is 29.7 Å². The molecule has 0 spiro atoms. The molecule has 0 bridgehead atoms. The first-order chi connectivity index (χ1) is 16.7. The fraction of sp³-hybridized carbons (Fsp3) is 0.320. The van der Waals surface area contributed by atoms with Crippen molar-refractivity contribution >= 4 is 17.2 Å². The highest BCUT2D eigenvalue weighted by molar-refractivity contribution is 5.74. The first-order valence-corrected chi connectivity index (χ1v) is 11.5. The summed E-state index contributed by atoms with van der Waals surface area (Å²) >= 11 is 0. The van der Waals surface area contributed by atoms with Crippen LogP contribution in [0.25, 0.3) is 16.9 Å². The van der Waals surface area contributed by atoms with Gasteiger partial charge in [0, 0.05) is 38.1 Å². The minimum atomic E-state index is -0.0677. The molecule has 0 unspecified atom stereocenters. The maximum atomic E-state index is 12.5. The predicted molar refractivity (Wildman–Crippen MR) is 128 cm³/mol. The van der Waals surface area contributed by atoms with E-state index in [0.717, 1.165) is 47.3 Å². The average Bonchev–Trinajstić information content (AvgIpc) is 3.51. The Labute approximate surface area is 198 Å². The van der Waals surface area contributed by atoms with Gasteiger partial charge >= 0.3 is 6.03 Å². The summed E-state index contributed by atoms with van der Waals surface area (Å²) in [4.78, 5) is 26.1. The van der Waals surface area contributed by atoms with Crippen molar-refractivity contribution in [2.45, 2.75) is 20.0 Å². The van der Waals surface area contributed by atoms with E-state index in [9.17, 15) is 4.79 Å². The molecule has 34 heavy (non-hydrogen) atoms. The van der Waals surface area contributed by atoms with Gasteiger partial charge in [-0.3, -0.25) is 9.47 Å². The van der Waals surface area contributed by atoms with Crippen LogP contribution in [0.5, 0.6) is 5.75 Å². The fourth-order valence-corrected chi connectivity index (χ4v) is 4.19. The second kappa shape index (κ2) is 9.96. The number of piperazine rings is 1. The molecule has 1 saturated heterocycles. The molecule has 3 aromatic heterocycles. The monoisotopic (exact) mass is 460 g/mol. The maximum absolute atomic E-state index is 12.5. The third-order valence-corrected chi connectivity index (χ3v) is 5.91. The van der Waals surface area contributed by atoms with Gasteiger partial charge in [0.2, 0.25) is 0 Å². The van der Waals surface area contributed by atoms with Crippen LogP contribution in [-0.4, -0.2) is 63.2 Å². The van der Waals surface area contributed by atoms with Crippen molar-refractivity contribution in [3.05, 3.63) is 72.6 Å². The largest absolute Gasteiger partial charge is 0.494 e. The van der Waals surface area contributed by atoms with E-state index >= 15 is 0 Å². The van der Waals surface area contributed by atoms with Crippen LogP contribution in [0.3, 0.4) is 0 Å². The summed E-state index contributed by atoms with van der Waals surface area (Å²) in [5.41, 5.74) is 2.69. The van der Waals surface area contributed by atoms with Crippen molar-refractivity contribution < 1.29 is 13.9 Å². The highest BCUT2D eigenvalue weighted by atomic mass is 16.5. The zero-order valence-corrected chi connectivity index (χ0v) is 19.2. The molecule has 4 heterocycles. The van der Waals surface area contributed by atoms with Crippen LogP contribution in [0.1, 0.15) is 18.5 Å². The lowest BCUT2D eigenvalue weighted by molar-refractivity contribution is 0.132. The summed E-state index contributed by atoms with van der Waals surface area (Å²) in [6.45, 7) is 6.53. The van der Waals surface area contributed by atoms with Gasteiger partial charge < -0.3 is 19.4 Å². The molecular weight excluding hydrogens is 432 g/mol. The van der Waals surface area contributed by atoms with Crippen molar-refractivity contribution in [3.8, 4) is 11.4 Å². The molecule has 1 N–H and O–H groups in total. The molecule has 1 aliphatic rings. The number of pyridine rings is 1. The third-order valence-electron chi connectivity index (χ3n) is 5.91. The lowest BCUT2D eigenvalue weighted by Crippen LogP contribution is -2.51. The number of benzene rings is 1. The molecule has 0 atom stereocenters. The highest BCUT2D eigenvalue weighted by Gasteiger charge is 2.23. The normalized spacial score (nSPS) is 14.4. The Kier molecular flexibility index (Phi) is 6.44. The van der Waals surface area contributed by atoms with Gasteiger partial charge in [-0.05, 0) is 55.5 Å². The van der Waals surface area contributed by atoms with E-state index in [1.54, 1.807) is 12.5 Å². The summed E-state index contributed by atoms with van der Waals surface area (Å²) in [6.07, 6.45) is 3.40. The van der Waals surface area contributed by atoms with Crippen LogP contribution in [-0.2, 0) is 13.1 Å². The summed E-state index contributed by atoms with van der Waals surface area (Å²) in [5, 5.41) is 2.92. The molecular formula is C25H28N6O3. The third kappa shape index (κ3) is 4.74. The van der Waals surface area contributed by atoms with Gasteiger partial charge in [-0.1, -0.05) is 0 Å². The van der Waals surface area contributed by atoms with Crippen molar-refractivity contribution in [2.75, 3.05) is 32.8 Å². The molecule has 5 rings (SSSR count). The number of nitrogens with zero attached hydrogens (tertiary/aromatic N) is 5. The number of nitrogens with one attached hydrogen (secondary N) is 1. The number of imidazole rings is 1. The molecule has 0 saturated carbocycles. The SMILES string of the molecule is CCOc1ccc(-n2c(CN3CCN(C(=O)NCc4ccco4)CC3)nc3cccnc32)cc1. The second-order valence-electron chi connectivity index (χ2n) is 8.14. The lowest BCUT2D eigenvalue weighted by Gasteiger charge is -2.34. The zero-order valence-electron chi connectivity index (χ0n) is 19.2. The molecule has 9 heteroatoms. The molecule has 4 aromatic rings. The molecule has 1 aromatic carbocycles. The van der Waals surface area contributed by atoms with Crippen LogP contribution < -0.4 is 10.1 Å². The number of carbonyl (C=O) groups excluding carboxylic acids is 1. The molecule has 1 fully saturated rings. The summed E-state index contributed by atoms with van der Waals surface area (Å²) in [6, 6.07) is 15.5. The number of carbonyl (C=O) groups is 1. The predicted octanol–water partition coefficient (Wildman–Crippen LogP) is 3.44. The van der Waals surface area contributed by atoms with Gasteiger partial charge in [0.15, 0.2) is 5.65 Å². The van der Waals surface area contributed by atoms with E-state index in [1.165, 1.54) is 0 Å². The number of aromatic nitrogens is 3. The molecule has 176 valence electrons. The number of amides is 2. The Hall–Kier alpha value is -3.85. The Balaban J connectivity index is 1.27. The van der Waals surface area contributed by atoms with Crippen LogP contribution in [0.2, 0.25) is 0 Å². The van der Waals surface area contributed by atoms with Crippen molar-refractivity contribution in [2.24, 2.45) is 0 Å². The number of hydrogen-bond acceptors (Lipinski definition) is 6. The van der Waals surface area contributed by atoms with Gasteiger partial charge in [0.05, 0.1) is 26.0 Å². The minimum Gasteiger partial charge on any atom is -0.494 e. The maximum Gasteiger partial charge on any atom is 0.317 e. The van der Waals surface area contributed by atoms with Crippen LogP contribution in [0.4, 0.5) is 4.79 Å². The van der Waals surface area contributed by atoms with Gasteiger partial charge in [0.25, 0.3) is 0 Å². The highest BCUT2D eigenvalue weighted by Crippen LogP contribution is 2.23. The topological polar surface area (TPSA) is 88.7 Å². The zero-order chi connectivity index (χ0) is 23.3. The fourth-order valence-electron chi connectivity index (χ4n) is 4.19. The number of fused-ring (bicyclic) bond motifs is 1. The number of rotatable bonds is 7. The number of furan rings is 1. The van der Waals surface area contributed by atoms with E-state index in [1.807, 2.05) is 60.4 Å². The van der Waals surface area contributed by atoms with Gasteiger partial charge in [-0.2, -0.15) is 0 Å². The summed E-state index contributed by atoms with van der Waals surface area (Å²) in [7, 11) is 0. The quantitative estimate of drug-likeness (QED) is 0.455. The Morgan fingerprint density at radius 1 is 1.09 bits per heavy atom. The van der Waals surface area contributed by atoms with Crippen molar-refractivity contribution in [1.29, 1.82) is 0 Å². The van der Waals surface area contributed by atoms with E-state index in [4.69, 9.17) is 14.1 Å². The van der Waals surface area contributed by atoms with Gasteiger partial charge in [0.1, 0.15) is 22.9 Å². The number of ether oxygens (including phenoxy) is 1. The molecule has 9 nitrogen and oxygen atoms in total. The number of urea groups is 1. The summed E-state index contributed by atoms with van der Waals surface area (Å²) in [5.74, 6) is 2.51. The van der Waals surface area contributed by atoms with E-state index in [-0.39, 0.29) is 6.03 Å².